The summed E-state index contributed by atoms with van der Waals surface area (Å²) in [5, 5.41) is 7.58. The molecule has 24 heavy (non-hydrogen) atoms. The molecule has 3 rings (SSSR count). The summed E-state index contributed by atoms with van der Waals surface area (Å²) in [4.78, 5) is 24.3. The number of carbonyl (C=O) groups excluding carboxylic acids is 2. The summed E-state index contributed by atoms with van der Waals surface area (Å²) >= 11 is 6.00. The zero-order valence-electron chi connectivity index (χ0n) is 13.9. The van der Waals surface area contributed by atoms with Crippen LogP contribution in [-0.4, -0.2) is 34.8 Å². The fraction of sp³-hybridized carbons (Fsp3) is 0.353. The summed E-state index contributed by atoms with van der Waals surface area (Å²) in [5.41, 5.74) is 1.78. The number of nitrogens with one attached hydrogen (secondary N) is 1. The topological polar surface area (TPSA) is 73.2 Å². The van der Waals surface area contributed by atoms with Gasteiger partial charge in [-0.25, -0.2) is 9.48 Å². The van der Waals surface area contributed by atoms with Crippen LogP contribution in [-0.2, 0) is 11.2 Å². The molecule has 0 saturated heterocycles. The predicted molar refractivity (Wildman–Crippen MR) is 91.9 cm³/mol. The highest BCUT2D eigenvalue weighted by Crippen LogP contribution is 2.24. The molecule has 1 aromatic heterocycles. The third-order valence-corrected chi connectivity index (χ3v) is 3.62. The molecule has 1 aliphatic rings. The Morgan fingerprint density at radius 3 is 2.83 bits per heavy atom. The van der Waals surface area contributed by atoms with Gasteiger partial charge in [0.15, 0.2) is 5.69 Å². The van der Waals surface area contributed by atoms with Gasteiger partial charge in [-0.2, -0.15) is 5.10 Å². The normalized spacial score (nSPS) is 12.6. The zero-order valence-corrected chi connectivity index (χ0v) is 14.7. The van der Waals surface area contributed by atoms with Gasteiger partial charge in [0.25, 0.3) is 5.91 Å². The number of ether oxygens (including phenoxy) is 1. The number of amides is 1. The molecule has 2 aromatic rings. The minimum Gasteiger partial charge on any atom is -0.461 e. The molecule has 0 bridgehead atoms. The first kappa shape index (κ1) is 18.0. The van der Waals surface area contributed by atoms with Crippen molar-refractivity contribution in [3.8, 4) is 5.69 Å². The van der Waals surface area contributed by atoms with Crippen molar-refractivity contribution in [1.29, 1.82) is 0 Å². The van der Waals surface area contributed by atoms with Gasteiger partial charge in [0.2, 0.25) is 0 Å². The molecule has 2 heterocycles. The molecule has 0 fully saturated rings. The lowest BCUT2D eigenvalue weighted by Gasteiger charge is -2.14. The molecule has 0 radical (unpaired) electrons. The van der Waals surface area contributed by atoms with Crippen LogP contribution in [0, 0.1) is 0 Å². The van der Waals surface area contributed by atoms with Crippen molar-refractivity contribution in [2.75, 3.05) is 13.2 Å². The number of aromatic nitrogens is 2. The van der Waals surface area contributed by atoms with Crippen LogP contribution < -0.4 is 5.32 Å². The fourth-order valence-electron chi connectivity index (χ4n) is 2.46. The largest absolute Gasteiger partial charge is 0.461 e. The van der Waals surface area contributed by atoms with Crippen LogP contribution in [0.4, 0.5) is 0 Å². The third-order valence-electron chi connectivity index (χ3n) is 3.38. The van der Waals surface area contributed by atoms with Gasteiger partial charge >= 0.3 is 5.97 Å². The quantitative estimate of drug-likeness (QED) is 0.864. The average molecular weight is 350 g/mol. The standard InChI is InChI=1S/C15H14ClN3O3.C2H6/c1-2-22-15(21)12-11-6-7-17-14(20)13(11)19(18-12)10-5-3-4-9(16)8-10;1-2/h3-5,8H,2,6-7H2,1H3,(H,17,20);1-2H3. The average Bonchev–Trinajstić information content (AvgIpc) is 2.98. The van der Waals surface area contributed by atoms with E-state index in [1.165, 1.54) is 4.68 Å². The van der Waals surface area contributed by atoms with Crippen molar-refractivity contribution < 1.29 is 14.3 Å². The number of carbonyl (C=O) groups is 2. The second-order valence-electron chi connectivity index (χ2n) is 4.79. The number of benzene rings is 1. The van der Waals surface area contributed by atoms with Crippen molar-refractivity contribution in [1.82, 2.24) is 15.1 Å². The molecule has 6 nitrogen and oxygen atoms in total. The number of halogens is 1. The maximum atomic E-state index is 12.2. The number of hydrogen-bond acceptors (Lipinski definition) is 4. The van der Waals surface area contributed by atoms with E-state index >= 15 is 0 Å². The van der Waals surface area contributed by atoms with Gasteiger partial charge in [-0.05, 0) is 31.5 Å². The Bertz CT molecular complexity index is 756. The molecule has 0 unspecified atom stereocenters. The van der Waals surface area contributed by atoms with E-state index in [4.69, 9.17) is 16.3 Å². The van der Waals surface area contributed by atoms with E-state index in [0.717, 1.165) is 0 Å². The van der Waals surface area contributed by atoms with Gasteiger partial charge < -0.3 is 10.1 Å². The van der Waals surface area contributed by atoms with Gasteiger partial charge in [-0.3, -0.25) is 4.79 Å². The van der Waals surface area contributed by atoms with Gasteiger partial charge in [-0.1, -0.05) is 31.5 Å². The smallest absolute Gasteiger partial charge is 0.359 e. The van der Waals surface area contributed by atoms with E-state index in [2.05, 4.69) is 10.4 Å². The highest BCUT2D eigenvalue weighted by Gasteiger charge is 2.30. The Labute approximate surface area is 145 Å². The molecular weight excluding hydrogens is 330 g/mol. The summed E-state index contributed by atoms with van der Waals surface area (Å²) in [5.74, 6) is -0.779. The molecule has 1 aromatic carbocycles. The highest BCUT2D eigenvalue weighted by atomic mass is 35.5. The van der Waals surface area contributed by atoms with E-state index < -0.39 is 5.97 Å². The van der Waals surface area contributed by atoms with Gasteiger partial charge in [0.05, 0.1) is 12.3 Å². The lowest BCUT2D eigenvalue weighted by atomic mass is 10.1. The van der Waals surface area contributed by atoms with Crippen molar-refractivity contribution in [2.45, 2.75) is 27.2 Å². The Hall–Kier alpha value is -2.34. The van der Waals surface area contributed by atoms with Crippen LogP contribution in [0.1, 0.15) is 47.3 Å². The predicted octanol–water partition coefficient (Wildman–Crippen LogP) is 3.01. The van der Waals surface area contributed by atoms with Gasteiger partial charge in [0, 0.05) is 17.1 Å². The molecule has 1 N–H and O–H groups in total. The SMILES string of the molecule is CC.CCOC(=O)c1nn(-c2cccc(Cl)c2)c2c1CCNC2=O. The van der Waals surface area contributed by atoms with E-state index in [0.29, 0.717) is 34.9 Å². The summed E-state index contributed by atoms with van der Waals surface area (Å²) in [6.07, 6.45) is 0.537. The minimum atomic E-state index is -0.519. The second-order valence-corrected chi connectivity index (χ2v) is 5.23. The Morgan fingerprint density at radius 1 is 1.42 bits per heavy atom. The van der Waals surface area contributed by atoms with Crippen LogP contribution in [0.3, 0.4) is 0 Å². The molecular formula is C17H20ClN3O3. The van der Waals surface area contributed by atoms with Crippen molar-refractivity contribution in [2.24, 2.45) is 0 Å². The first-order valence-corrected chi connectivity index (χ1v) is 8.32. The van der Waals surface area contributed by atoms with Gasteiger partial charge in [-0.15, -0.1) is 0 Å². The molecule has 7 heteroatoms. The number of hydrogen-bond donors (Lipinski definition) is 1. The third kappa shape index (κ3) is 3.43. The lowest BCUT2D eigenvalue weighted by Crippen LogP contribution is -2.33. The number of rotatable bonds is 3. The maximum Gasteiger partial charge on any atom is 0.359 e. The first-order chi connectivity index (χ1) is 11.6. The van der Waals surface area contributed by atoms with E-state index in [-0.39, 0.29) is 18.2 Å². The summed E-state index contributed by atoms with van der Waals surface area (Å²) in [6, 6.07) is 6.95. The Balaban J connectivity index is 0.00000100. The lowest BCUT2D eigenvalue weighted by molar-refractivity contribution is 0.0517. The minimum absolute atomic E-state index is 0.187. The van der Waals surface area contributed by atoms with E-state index in [9.17, 15) is 9.59 Å². The van der Waals surface area contributed by atoms with Crippen LogP contribution in [0.5, 0.6) is 0 Å². The molecule has 128 valence electrons. The summed E-state index contributed by atoms with van der Waals surface area (Å²) < 4.78 is 6.48. The van der Waals surface area contributed by atoms with Crippen LogP contribution in [0.15, 0.2) is 24.3 Å². The molecule has 1 aliphatic heterocycles. The Kier molecular flexibility index (Phi) is 5.98. The molecule has 0 spiro atoms. The summed E-state index contributed by atoms with van der Waals surface area (Å²) in [7, 11) is 0. The highest BCUT2D eigenvalue weighted by molar-refractivity contribution is 6.30. The van der Waals surface area contributed by atoms with Crippen LogP contribution in [0.2, 0.25) is 5.02 Å². The molecule has 1 amide bonds. The Morgan fingerprint density at radius 2 is 2.17 bits per heavy atom. The van der Waals surface area contributed by atoms with Crippen LogP contribution >= 0.6 is 11.6 Å². The molecule has 0 atom stereocenters. The van der Waals surface area contributed by atoms with Crippen LogP contribution in [0.25, 0.3) is 5.69 Å². The number of fused-ring (bicyclic) bond motifs is 1. The van der Waals surface area contributed by atoms with Crippen molar-refractivity contribution in [3.63, 3.8) is 0 Å². The molecule has 0 aliphatic carbocycles. The van der Waals surface area contributed by atoms with Crippen molar-refractivity contribution >= 4 is 23.5 Å². The number of nitrogens with zero attached hydrogens (tertiary/aromatic N) is 2. The monoisotopic (exact) mass is 349 g/mol. The number of esters is 1. The first-order valence-electron chi connectivity index (χ1n) is 7.95. The molecule has 0 saturated carbocycles. The summed E-state index contributed by atoms with van der Waals surface area (Å²) in [6.45, 7) is 6.45. The maximum absolute atomic E-state index is 12.2. The van der Waals surface area contributed by atoms with Gasteiger partial charge in [0.1, 0.15) is 5.69 Å². The fourth-order valence-corrected chi connectivity index (χ4v) is 2.65. The van der Waals surface area contributed by atoms with E-state index in [1.807, 2.05) is 13.8 Å². The second kappa shape index (κ2) is 7.97. The van der Waals surface area contributed by atoms with E-state index in [1.54, 1.807) is 31.2 Å². The zero-order chi connectivity index (χ0) is 17.7. The van der Waals surface area contributed by atoms with Crippen molar-refractivity contribution in [3.05, 3.63) is 46.2 Å².